The van der Waals surface area contributed by atoms with Crippen LogP contribution in [0.3, 0.4) is 0 Å². The predicted octanol–water partition coefficient (Wildman–Crippen LogP) is 3.82. The van der Waals surface area contributed by atoms with Crippen molar-refractivity contribution in [2.45, 2.75) is 25.1 Å². The van der Waals surface area contributed by atoms with E-state index in [2.05, 4.69) is 12.2 Å². The van der Waals surface area contributed by atoms with Gasteiger partial charge >= 0.3 is 6.18 Å². The number of alkyl halides is 3. The van der Waals surface area contributed by atoms with Crippen molar-refractivity contribution in [1.29, 1.82) is 0 Å². The molecule has 0 saturated heterocycles. The van der Waals surface area contributed by atoms with Crippen molar-refractivity contribution in [2.75, 3.05) is 11.9 Å². The quantitative estimate of drug-likeness (QED) is 0.818. The number of nitrogens with one attached hydrogen (secondary N) is 1. The van der Waals surface area contributed by atoms with Crippen LogP contribution in [-0.4, -0.2) is 18.1 Å². The van der Waals surface area contributed by atoms with E-state index in [-0.39, 0.29) is 6.61 Å². The van der Waals surface area contributed by atoms with Gasteiger partial charge < -0.3 is 15.8 Å². The number of hydrogen-bond donors (Lipinski definition) is 2. The molecule has 0 heterocycles. The minimum atomic E-state index is -4.36. The summed E-state index contributed by atoms with van der Waals surface area (Å²) < 4.78 is 43.6. The van der Waals surface area contributed by atoms with Gasteiger partial charge in [-0.05, 0) is 49.7 Å². The molecule has 139 valence electrons. The molecule has 3 N–H and O–H groups in total. The lowest BCUT2D eigenvalue weighted by Crippen LogP contribution is -2.45. The van der Waals surface area contributed by atoms with Gasteiger partial charge in [-0.1, -0.05) is 18.2 Å². The van der Waals surface area contributed by atoms with Gasteiger partial charge in [0.15, 0.2) is 0 Å². The van der Waals surface area contributed by atoms with Crippen LogP contribution in [0.15, 0.2) is 48.5 Å². The van der Waals surface area contributed by atoms with Gasteiger partial charge in [0.05, 0.1) is 17.7 Å². The summed E-state index contributed by atoms with van der Waals surface area (Å²) in [6.45, 7) is 5.27. The molecule has 0 aliphatic rings. The van der Waals surface area contributed by atoms with Gasteiger partial charge in [-0.25, -0.2) is 0 Å². The first-order valence-electron chi connectivity index (χ1n) is 7.90. The highest BCUT2D eigenvalue weighted by Gasteiger charge is 2.30. The van der Waals surface area contributed by atoms with Crippen molar-refractivity contribution in [3.63, 3.8) is 0 Å². The second-order valence-corrected chi connectivity index (χ2v) is 6.19. The summed E-state index contributed by atoms with van der Waals surface area (Å²) in [6, 6.07) is 11.7. The molecular weight excluding hydrogens is 345 g/mol. The number of benzene rings is 2. The van der Waals surface area contributed by atoms with Gasteiger partial charge in [0.1, 0.15) is 5.75 Å². The number of ether oxygens (including phenoxy) is 1. The minimum absolute atomic E-state index is 0.229. The Morgan fingerprint density at radius 3 is 2.42 bits per heavy atom. The van der Waals surface area contributed by atoms with Crippen molar-refractivity contribution >= 4 is 11.6 Å². The molecule has 0 unspecified atom stereocenters. The van der Waals surface area contributed by atoms with Gasteiger partial charge in [-0.3, -0.25) is 4.79 Å². The molecule has 0 spiro atoms. The van der Waals surface area contributed by atoms with E-state index < -0.39 is 23.2 Å². The molecule has 0 aliphatic carbocycles. The molecule has 26 heavy (non-hydrogen) atoms. The van der Waals surface area contributed by atoms with Gasteiger partial charge in [0, 0.05) is 12.1 Å². The van der Waals surface area contributed by atoms with Crippen LogP contribution in [0.1, 0.15) is 18.1 Å². The summed E-state index contributed by atoms with van der Waals surface area (Å²) in [5, 5.41) is 2.62. The lowest BCUT2D eigenvalue weighted by Gasteiger charge is -2.17. The Labute approximate surface area is 150 Å². The van der Waals surface area contributed by atoms with Crippen molar-refractivity contribution < 1.29 is 22.7 Å². The third kappa shape index (κ3) is 5.77. The van der Waals surface area contributed by atoms with Crippen LogP contribution in [-0.2, 0) is 17.4 Å². The maximum Gasteiger partial charge on any atom is 0.416 e. The highest BCUT2D eigenvalue weighted by atomic mass is 19.4. The molecule has 1 radical (unpaired) electrons. The molecule has 7 heteroatoms. The van der Waals surface area contributed by atoms with Crippen molar-refractivity contribution in [3.05, 3.63) is 66.6 Å². The number of nitrogens with two attached hydrogens (primary N) is 1. The Hall–Kier alpha value is -2.54. The Morgan fingerprint density at radius 1 is 1.19 bits per heavy atom. The molecule has 4 nitrogen and oxygen atoms in total. The second-order valence-electron chi connectivity index (χ2n) is 6.19. The Balaban J connectivity index is 1.88. The first-order valence-corrected chi connectivity index (χ1v) is 7.90. The van der Waals surface area contributed by atoms with E-state index in [1.807, 2.05) is 0 Å². The molecule has 0 saturated carbocycles. The molecule has 0 aliphatic heterocycles. The van der Waals surface area contributed by atoms with Crippen LogP contribution in [0.5, 0.6) is 5.75 Å². The SMILES string of the molecule is [CH2][C@@](C)(N)C(=O)Nc1ccc(OCCc2cccc(C(F)(F)F)c2)cc1. The summed E-state index contributed by atoms with van der Waals surface area (Å²) in [5.41, 5.74) is 4.77. The van der Waals surface area contributed by atoms with E-state index in [0.29, 0.717) is 23.4 Å². The third-order valence-corrected chi connectivity index (χ3v) is 3.54. The van der Waals surface area contributed by atoms with Crippen LogP contribution in [0, 0.1) is 6.92 Å². The zero-order chi connectivity index (χ0) is 19.4. The average molecular weight is 365 g/mol. The number of hydrogen-bond acceptors (Lipinski definition) is 3. The molecule has 1 amide bonds. The van der Waals surface area contributed by atoms with Crippen molar-refractivity contribution in [3.8, 4) is 5.75 Å². The molecule has 2 aromatic rings. The van der Waals surface area contributed by atoms with Crippen LogP contribution in [0.25, 0.3) is 0 Å². The Bertz CT molecular complexity index is 751. The van der Waals surface area contributed by atoms with Crippen LogP contribution in [0.2, 0.25) is 0 Å². The summed E-state index contributed by atoms with van der Waals surface area (Å²) in [5.74, 6) is 0.121. The summed E-state index contributed by atoms with van der Waals surface area (Å²) in [6.07, 6.45) is -4.01. The van der Waals surface area contributed by atoms with E-state index >= 15 is 0 Å². The molecule has 2 aromatic carbocycles. The molecule has 1 atom stereocenters. The van der Waals surface area contributed by atoms with Crippen LogP contribution < -0.4 is 15.8 Å². The van der Waals surface area contributed by atoms with Crippen molar-refractivity contribution in [2.24, 2.45) is 5.73 Å². The number of halogens is 3. The molecular formula is C19H20F3N2O2. The normalized spacial score (nSPS) is 11.9. The first-order chi connectivity index (χ1) is 12.1. The van der Waals surface area contributed by atoms with Crippen LogP contribution in [0.4, 0.5) is 18.9 Å². The fourth-order valence-corrected chi connectivity index (χ4v) is 2.10. The van der Waals surface area contributed by atoms with E-state index in [4.69, 9.17) is 10.5 Å². The van der Waals surface area contributed by atoms with Gasteiger partial charge in [0.2, 0.25) is 5.91 Å². The van der Waals surface area contributed by atoms with E-state index in [9.17, 15) is 18.0 Å². The fourth-order valence-electron chi connectivity index (χ4n) is 2.10. The molecule has 2 rings (SSSR count). The molecule has 0 bridgehead atoms. The topological polar surface area (TPSA) is 64.4 Å². The average Bonchev–Trinajstić information content (AvgIpc) is 2.55. The minimum Gasteiger partial charge on any atom is -0.493 e. The maximum absolute atomic E-state index is 12.7. The van der Waals surface area contributed by atoms with Gasteiger partial charge in [0.25, 0.3) is 0 Å². The van der Waals surface area contributed by atoms with E-state index in [1.165, 1.54) is 13.0 Å². The zero-order valence-corrected chi connectivity index (χ0v) is 14.3. The fraction of sp³-hybridized carbons (Fsp3) is 0.263. The number of carbonyl (C=O) groups excluding carboxylic acids is 1. The molecule has 0 fully saturated rings. The summed E-state index contributed by atoms with van der Waals surface area (Å²) in [7, 11) is 0. The Morgan fingerprint density at radius 2 is 1.85 bits per heavy atom. The van der Waals surface area contributed by atoms with Gasteiger partial charge in [-0.2, -0.15) is 13.2 Å². The third-order valence-electron chi connectivity index (χ3n) is 3.54. The Kier molecular flexibility index (Phi) is 5.92. The van der Waals surface area contributed by atoms with E-state index in [0.717, 1.165) is 12.1 Å². The standard InChI is InChI=1S/C19H20F3N2O2/c1-18(2,23)17(25)24-15-6-8-16(9-7-15)26-11-10-13-4-3-5-14(12-13)19(20,21)22/h3-9,12H,1,10-11,23H2,2H3,(H,24,25)/t18-/m0/s1. The maximum atomic E-state index is 12.7. The second kappa shape index (κ2) is 7.78. The highest BCUT2D eigenvalue weighted by Crippen LogP contribution is 2.29. The largest absolute Gasteiger partial charge is 0.493 e. The number of rotatable bonds is 6. The number of carbonyl (C=O) groups is 1. The van der Waals surface area contributed by atoms with E-state index in [1.54, 1.807) is 30.3 Å². The smallest absolute Gasteiger partial charge is 0.416 e. The lowest BCUT2D eigenvalue weighted by molar-refractivity contribution is -0.137. The highest BCUT2D eigenvalue weighted by molar-refractivity contribution is 5.98. The predicted molar refractivity (Wildman–Crippen MR) is 93.7 cm³/mol. The summed E-state index contributed by atoms with van der Waals surface area (Å²) in [4.78, 5) is 11.7. The van der Waals surface area contributed by atoms with Crippen molar-refractivity contribution in [1.82, 2.24) is 0 Å². The number of amides is 1. The number of anilines is 1. The van der Waals surface area contributed by atoms with Crippen LogP contribution >= 0.6 is 0 Å². The first kappa shape index (κ1) is 19.8. The lowest BCUT2D eigenvalue weighted by atomic mass is 10.1. The summed E-state index contributed by atoms with van der Waals surface area (Å²) >= 11 is 0. The zero-order valence-electron chi connectivity index (χ0n) is 14.3. The van der Waals surface area contributed by atoms with Gasteiger partial charge in [-0.15, -0.1) is 0 Å². The molecule has 0 aromatic heterocycles. The monoisotopic (exact) mass is 365 g/mol.